The second-order valence-electron chi connectivity index (χ2n) is 2.57. The summed E-state index contributed by atoms with van der Waals surface area (Å²) in [5.74, 6) is 0.802. The summed E-state index contributed by atoms with van der Waals surface area (Å²) in [6.45, 7) is 0. The van der Waals surface area contributed by atoms with E-state index in [1.54, 1.807) is 13.4 Å². The van der Waals surface area contributed by atoms with Crippen molar-refractivity contribution in [2.24, 2.45) is 0 Å². The lowest BCUT2D eigenvalue weighted by Crippen LogP contribution is -1.86. The van der Waals surface area contributed by atoms with Crippen LogP contribution in [0.1, 0.15) is 0 Å². The van der Waals surface area contributed by atoms with Gasteiger partial charge in [-0.15, -0.1) is 0 Å². The Morgan fingerprint density at radius 2 is 2.15 bits per heavy atom. The Labute approximate surface area is 76.0 Å². The van der Waals surface area contributed by atoms with Crippen molar-refractivity contribution in [1.82, 2.24) is 4.98 Å². The van der Waals surface area contributed by atoms with Crippen LogP contribution in [-0.4, -0.2) is 12.1 Å². The third-order valence-electron chi connectivity index (χ3n) is 1.82. The van der Waals surface area contributed by atoms with E-state index in [0.29, 0.717) is 0 Å². The Balaban J connectivity index is 2.51. The summed E-state index contributed by atoms with van der Waals surface area (Å²) >= 11 is 0. The Morgan fingerprint density at radius 1 is 1.31 bits per heavy atom. The molecular formula is C10H9NO2. The van der Waals surface area contributed by atoms with Gasteiger partial charge in [0.1, 0.15) is 17.7 Å². The summed E-state index contributed by atoms with van der Waals surface area (Å²) in [4.78, 5) is 4.05. The second-order valence-corrected chi connectivity index (χ2v) is 2.57. The first-order valence-electron chi connectivity index (χ1n) is 3.93. The second kappa shape index (κ2) is 3.31. The van der Waals surface area contributed by atoms with Gasteiger partial charge in [-0.1, -0.05) is 12.1 Å². The van der Waals surface area contributed by atoms with Gasteiger partial charge in [0.25, 0.3) is 0 Å². The maximum absolute atomic E-state index is 5.19. The fourth-order valence-electron chi connectivity index (χ4n) is 1.20. The molecule has 0 N–H and O–H groups in total. The van der Waals surface area contributed by atoms with Crippen molar-refractivity contribution in [3.8, 4) is 17.0 Å². The molecule has 66 valence electrons. The van der Waals surface area contributed by atoms with Crippen molar-refractivity contribution in [3.63, 3.8) is 0 Å². The van der Waals surface area contributed by atoms with Crippen LogP contribution in [0.25, 0.3) is 11.3 Å². The summed E-state index contributed by atoms with van der Waals surface area (Å²) in [6.07, 6.45) is 3.00. The lowest BCUT2D eigenvalue weighted by atomic mass is 10.1. The van der Waals surface area contributed by atoms with Crippen LogP contribution in [0.4, 0.5) is 0 Å². The zero-order chi connectivity index (χ0) is 9.10. The molecule has 0 fully saturated rings. The number of methoxy groups -OCH3 is 1. The number of hydrogen-bond acceptors (Lipinski definition) is 3. The van der Waals surface area contributed by atoms with Gasteiger partial charge in [-0.2, -0.15) is 0 Å². The molecule has 0 aliphatic rings. The highest BCUT2D eigenvalue weighted by Gasteiger charge is 2.05. The molecule has 0 amide bonds. The summed E-state index contributed by atoms with van der Waals surface area (Å²) in [5, 5.41) is 0. The van der Waals surface area contributed by atoms with Crippen LogP contribution in [0.3, 0.4) is 0 Å². The molecule has 2 aromatic rings. The highest BCUT2D eigenvalue weighted by Crippen LogP contribution is 2.27. The zero-order valence-electron chi connectivity index (χ0n) is 7.23. The summed E-state index contributed by atoms with van der Waals surface area (Å²) < 4.78 is 10.1. The molecule has 0 atom stereocenters. The molecule has 0 aliphatic heterocycles. The van der Waals surface area contributed by atoms with Gasteiger partial charge >= 0.3 is 0 Å². The van der Waals surface area contributed by atoms with Gasteiger partial charge in [0.15, 0.2) is 6.39 Å². The average Bonchev–Trinajstić information content (AvgIpc) is 2.70. The van der Waals surface area contributed by atoms with E-state index < -0.39 is 0 Å². The Bertz CT molecular complexity index is 382. The first-order valence-corrected chi connectivity index (χ1v) is 3.93. The molecule has 0 unspecified atom stereocenters. The third kappa shape index (κ3) is 1.40. The van der Waals surface area contributed by atoms with Crippen LogP contribution in [0, 0.1) is 0 Å². The molecule has 13 heavy (non-hydrogen) atoms. The zero-order valence-corrected chi connectivity index (χ0v) is 7.23. The van der Waals surface area contributed by atoms with Crippen LogP contribution in [0.15, 0.2) is 41.3 Å². The molecule has 0 saturated carbocycles. The van der Waals surface area contributed by atoms with Crippen LogP contribution >= 0.6 is 0 Å². The predicted octanol–water partition coefficient (Wildman–Crippen LogP) is 2.35. The molecule has 1 aromatic heterocycles. The number of benzene rings is 1. The van der Waals surface area contributed by atoms with E-state index in [1.165, 1.54) is 6.39 Å². The average molecular weight is 175 g/mol. The molecular weight excluding hydrogens is 166 g/mol. The highest BCUT2D eigenvalue weighted by molar-refractivity contribution is 5.65. The van der Waals surface area contributed by atoms with E-state index in [2.05, 4.69) is 4.98 Å². The predicted molar refractivity (Wildman–Crippen MR) is 48.5 cm³/mol. The van der Waals surface area contributed by atoms with Crippen LogP contribution < -0.4 is 4.74 Å². The third-order valence-corrected chi connectivity index (χ3v) is 1.82. The van der Waals surface area contributed by atoms with Gasteiger partial charge in [0.2, 0.25) is 0 Å². The standard InChI is InChI=1S/C10H9NO2/c1-12-10-5-3-2-4-8(10)9-6-13-7-11-9/h2-7H,1H3. The number of ether oxygens (including phenoxy) is 1. The molecule has 0 radical (unpaired) electrons. The lowest BCUT2D eigenvalue weighted by Gasteiger charge is -2.03. The molecule has 1 aromatic carbocycles. The van der Waals surface area contributed by atoms with Crippen molar-refractivity contribution >= 4 is 0 Å². The number of nitrogens with zero attached hydrogens (tertiary/aromatic N) is 1. The van der Waals surface area contributed by atoms with E-state index >= 15 is 0 Å². The monoisotopic (exact) mass is 175 g/mol. The molecule has 3 nitrogen and oxygen atoms in total. The van der Waals surface area contributed by atoms with Crippen molar-refractivity contribution in [3.05, 3.63) is 36.9 Å². The number of oxazole rings is 1. The largest absolute Gasteiger partial charge is 0.496 e. The summed E-state index contributed by atoms with van der Waals surface area (Å²) in [5.41, 5.74) is 1.73. The maximum atomic E-state index is 5.19. The normalized spacial score (nSPS) is 9.92. The van der Waals surface area contributed by atoms with E-state index in [1.807, 2.05) is 24.3 Å². The maximum Gasteiger partial charge on any atom is 0.181 e. The van der Waals surface area contributed by atoms with Crippen molar-refractivity contribution in [1.29, 1.82) is 0 Å². The highest BCUT2D eigenvalue weighted by atomic mass is 16.5. The van der Waals surface area contributed by atoms with Crippen LogP contribution in [-0.2, 0) is 0 Å². The lowest BCUT2D eigenvalue weighted by molar-refractivity contribution is 0.416. The minimum Gasteiger partial charge on any atom is -0.496 e. The topological polar surface area (TPSA) is 35.3 Å². The Hall–Kier alpha value is -1.77. The fourth-order valence-corrected chi connectivity index (χ4v) is 1.20. The quantitative estimate of drug-likeness (QED) is 0.702. The van der Waals surface area contributed by atoms with E-state index in [-0.39, 0.29) is 0 Å². The number of para-hydroxylation sites is 1. The van der Waals surface area contributed by atoms with E-state index in [0.717, 1.165) is 17.0 Å². The van der Waals surface area contributed by atoms with E-state index in [9.17, 15) is 0 Å². The van der Waals surface area contributed by atoms with Crippen molar-refractivity contribution in [2.45, 2.75) is 0 Å². The van der Waals surface area contributed by atoms with Crippen molar-refractivity contribution < 1.29 is 9.15 Å². The Kier molecular flexibility index (Phi) is 2.00. The number of aromatic nitrogens is 1. The molecule has 2 rings (SSSR count). The smallest absolute Gasteiger partial charge is 0.181 e. The van der Waals surface area contributed by atoms with Gasteiger partial charge < -0.3 is 9.15 Å². The molecule has 0 aliphatic carbocycles. The molecule has 1 heterocycles. The van der Waals surface area contributed by atoms with Crippen LogP contribution in [0.5, 0.6) is 5.75 Å². The summed E-state index contributed by atoms with van der Waals surface area (Å²) in [7, 11) is 1.64. The Morgan fingerprint density at radius 3 is 2.85 bits per heavy atom. The minimum absolute atomic E-state index is 0.789. The number of hydrogen-bond donors (Lipinski definition) is 0. The summed E-state index contributed by atoms with van der Waals surface area (Å²) in [6, 6.07) is 7.69. The SMILES string of the molecule is COc1ccccc1-c1cocn1. The van der Waals surface area contributed by atoms with Crippen molar-refractivity contribution in [2.75, 3.05) is 7.11 Å². The molecule has 0 spiro atoms. The first-order chi connectivity index (χ1) is 6.42. The van der Waals surface area contributed by atoms with Gasteiger partial charge in [-0.05, 0) is 12.1 Å². The van der Waals surface area contributed by atoms with Crippen LogP contribution in [0.2, 0.25) is 0 Å². The van der Waals surface area contributed by atoms with Gasteiger partial charge in [-0.25, -0.2) is 4.98 Å². The van der Waals surface area contributed by atoms with Gasteiger partial charge in [-0.3, -0.25) is 0 Å². The number of rotatable bonds is 2. The van der Waals surface area contributed by atoms with Gasteiger partial charge in [0, 0.05) is 5.56 Å². The molecule has 3 heteroatoms. The molecule has 0 bridgehead atoms. The van der Waals surface area contributed by atoms with Gasteiger partial charge in [0.05, 0.1) is 7.11 Å². The van der Waals surface area contributed by atoms with E-state index in [4.69, 9.17) is 9.15 Å². The first kappa shape index (κ1) is 7.86. The molecule has 0 saturated heterocycles. The minimum atomic E-state index is 0.789. The fraction of sp³-hybridized carbons (Fsp3) is 0.100.